The lowest BCUT2D eigenvalue weighted by molar-refractivity contribution is 0.0521. The molecule has 0 aliphatic heterocycles. The van der Waals surface area contributed by atoms with Crippen molar-refractivity contribution in [2.45, 2.75) is 6.92 Å². The number of H-pyrrole nitrogens is 1. The Balaban J connectivity index is 0.00000180. The lowest BCUT2D eigenvalue weighted by Gasteiger charge is -1.98. The highest BCUT2D eigenvalue weighted by atomic mass is 35.5. The quantitative estimate of drug-likeness (QED) is 0.849. The third-order valence-electron chi connectivity index (χ3n) is 2.31. The van der Waals surface area contributed by atoms with Crippen molar-refractivity contribution in [3.05, 3.63) is 35.8 Å². The lowest BCUT2D eigenvalue weighted by Crippen LogP contribution is -2.07. The number of aromatic nitrogens is 2. The minimum absolute atomic E-state index is 0. The van der Waals surface area contributed by atoms with Gasteiger partial charge in [-0.15, -0.1) is 12.4 Å². The number of nitrogens with two attached hydrogens (primary N) is 1. The number of carbonyl (C=O) groups excluding carboxylic acids is 1. The van der Waals surface area contributed by atoms with Gasteiger partial charge in [-0.05, 0) is 19.1 Å². The zero-order chi connectivity index (χ0) is 13.1. The first-order valence-electron chi connectivity index (χ1n) is 5.40. The molecule has 1 aromatic carbocycles. The fourth-order valence-electron chi connectivity index (χ4n) is 1.52. The number of nitrogen functional groups attached to an aromatic ring is 1. The van der Waals surface area contributed by atoms with Gasteiger partial charge in [-0.2, -0.15) is 0 Å². The van der Waals surface area contributed by atoms with Gasteiger partial charge < -0.3 is 15.5 Å². The van der Waals surface area contributed by atoms with Crippen LogP contribution in [0.15, 0.2) is 24.3 Å². The van der Waals surface area contributed by atoms with Crippen LogP contribution in [0.5, 0.6) is 0 Å². The lowest BCUT2D eigenvalue weighted by atomic mass is 10.2. The molecule has 2 aromatic rings. The average molecular weight is 286 g/mol. The van der Waals surface area contributed by atoms with Crippen molar-refractivity contribution in [2.24, 2.45) is 0 Å². The van der Waals surface area contributed by atoms with Crippen molar-refractivity contribution in [1.82, 2.24) is 9.97 Å². The molecular formula is C12H13ClFN3O2. The predicted molar refractivity (Wildman–Crippen MR) is 71.6 cm³/mol. The molecule has 5 nitrogen and oxygen atoms in total. The molecule has 0 fully saturated rings. The molecule has 3 N–H and O–H groups in total. The van der Waals surface area contributed by atoms with Crippen LogP contribution in [0, 0.1) is 5.82 Å². The molecule has 0 radical (unpaired) electrons. The molecule has 7 heteroatoms. The minimum atomic E-state index is -0.579. The number of nitrogens with zero attached hydrogens (tertiary/aromatic N) is 1. The van der Waals surface area contributed by atoms with Crippen LogP contribution in [0.3, 0.4) is 0 Å². The van der Waals surface area contributed by atoms with E-state index in [1.54, 1.807) is 19.1 Å². The van der Waals surface area contributed by atoms with Gasteiger partial charge in [-0.3, -0.25) is 0 Å². The second-order valence-electron chi connectivity index (χ2n) is 3.58. The van der Waals surface area contributed by atoms with Gasteiger partial charge in [0.05, 0.1) is 6.61 Å². The fraction of sp³-hybridized carbons (Fsp3) is 0.167. The largest absolute Gasteiger partial charge is 0.461 e. The van der Waals surface area contributed by atoms with Crippen molar-refractivity contribution < 1.29 is 13.9 Å². The zero-order valence-corrected chi connectivity index (χ0v) is 11.0. The third kappa shape index (κ3) is 3.23. The van der Waals surface area contributed by atoms with Crippen LogP contribution in [0.1, 0.15) is 17.4 Å². The van der Waals surface area contributed by atoms with E-state index in [1.807, 2.05) is 0 Å². The molecule has 0 aliphatic carbocycles. The second-order valence-corrected chi connectivity index (χ2v) is 3.58. The van der Waals surface area contributed by atoms with E-state index in [9.17, 15) is 9.18 Å². The topological polar surface area (TPSA) is 81.0 Å². The molecule has 102 valence electrons. The number of rotatable bonds is 3. The van der Waals surface area contributed by atoms with Crippen LogP contribution in [-0.4, -0.2) is 22.5 Å². The van der Waals surface area contributed by atoms with Gasteiger partial charge in [0, 0.05) is 5.56 Å². The molecule has 0 amide bonds. The van der Waals surface area contributed by atoms with Crippen LogP contribution in [-0.2, 0) is 4.74 Å². The van der Waals surface area contributed by atoms with Crippen LogP contribution < -0.4 is 5.73 Å². The molecular weight excluding hydrogens is 273 g/mol. The van der Waals surface area contributed by atoms with E-state index < -0.39 is 5.97 Å². The number of imidazole rings is 1. The maximum absolute atomic E-state index is 13.1. The van der Waals surface area contributed by atoms with Gasteiger partial charge in [0.15, 0.2) is 11.5 Å². The Labute approximate surface area is 115 Å². The summed E-state index contributed by atoms with van der Waals surface area (Å²) in [4.78, 5) is 18.2. The molecule has 0 unspecified atom stereocenters. The first-order valence-corrected chi connectivity index (χ1v) is 5.40. The number of ether oxygens (including phenoxy) is 1. The maximum Gasteiger partial charge on any atom is 0.358 e. The molecule has 2 rings (SSSR count). The molecule has 0 aliphatic rings. The number of hydrogen-bond donors (Lipinski definition) is 2. The van der Waals surface area contributed by atoms with Crippen molar-refractivity contribution in [2.75, 3.05) is 12.3 Å². The maximum atomic E-state index is 13.1. The van der Waals surface area contributed by atoms with Gasteiger partial charge in [-0.1, -0.05) is 12.1 Å². The summed E-state index contributed by atoms with van der Waals surface area (Å²) in [6.07, 6.45) is 0. The number of carbonyl (C=O) groups is 1. The SMILES string of the molecule is CCOC(=O)c1[nH]c(-c2cccc(F)c2)nc1N.Cl. The fourth-order valence-corrected chi connectivity index (χ4v) is 1.52. The number of benzene rings is 1. The number of halogens is 2. The average Bonchev–Trinajstić information content (AvgIpc) is 2.72. The minimum Gasteiger partial charge on any atom is -0.461 e. The Morgan fingerprint density at radius 1 is 1.53 bits per heavy atom. The van der Waals surface area contributed by atoms with Gasteiger partial charge in [0.25, 0.3) is 0 Å². The van der Waals surface area contributed by atoms with Gasteiger partial charge >= 0.3 is 5.97 Å². The molecule has 1 heterocycles. The normalized spacial score (nSPS) is 9.79. The van der Waals surface area contributed by atoms with E-state index in [2.05, 4.69) is 9.97 Å². The number of nitrogens with one attached hydrogen (secondary N) is 1. The predicted octanol–water partition coefficient (Wildman–Crippen LogP) is 2.40. The number of aromatic amines is 1. The van der Waals surface area contributed by atoms with Crippen LogP contribution in [0.25, 0.3) is 11.4 Å². The molecule has 1 aromatic heterocycles. The second kappa shape index (κ2) is 6.19. The molecule has 0 saturated heterocycles. The van der Waals surface area contributed by atoms with E-state index >= 15 is 0 Å². The first-order chi connectivity index (χ1) is 8.61. The third-order valence-corrected chi connectivity index (χ3v) is 2.31. The molecule has 0 saturated carbocycles. The first kappa shape index (κ1) is 15.0. The number of hydrogen-bond acceptors (Lipinski definition) is 4. The highest BCUT2D eigenvalue weighted by Gasteiger charge is 2.17. The highest BCUT2D eigenvalue weighted by Crippen LogP contribution is 2.20. The summed E-state index contributed by atoms with van der Waals surface area (Å²) in [5.74, 6) is -0.604. The number of esters is 1. The Bertz CT molecular complexity index is 586. The Morgan fingerprint density at radius 2 is 2.26 bits per heavy atom. The Kier molecular flexibility index (Phi) is 4.88. The summed E-state index contributed by atoms with van der Waals surface area (Å²) < 4.78 is 17.9. The summed E-state index contributed by atoms with van der Waals surface area (Å²) in [6.45, 7) is 1.94. The Hall–Kier alpha value is -2.08. The van der Waals surface area contributed by atoms with Gasteiger partial charge in [-0.25, -0.2) is 14.2 Å². The van der Waals surface area contributed by atoms with Crippen molar-refractivity contribution in [1.29, 1.82) is 0 Å². The van der Waals surface area contributed by atoms with Crippen molar-refractivity contribution in [3.8, 4) is 11.4 Å². The van der Waals surface area contributed by atoms with Gasteiger partial charge in [0.2, 0.25) is 0 Å². The van der Waals surface area contributed by atoms with E-state index in [1.165, 1.54) is 12.1 Å². The highest BCUT2D eigenvalue weighted by molar-refractivity contribution is 5.93. The van der Waals surface area contributed by atoms with Crippen LogP contribution >= 0.6 is 12.4 Å². The summed E-state index contributed by atoms with van der Waals surface area (Å²) in [7, 11) is 0. The van der Waals surface area contributed by atoms with Crippen LogP contribution in [0.4, 0.5) is 10.2 Å². The van der Waals surface area contributed by atoms with E-state index in [4.69, 9.17) is 10.5 Å². The molecule has 0 bridgehead atoms. The summed E-state index contributed by atoms with van der Waals surface area (Å²) in [5, 5.41) is 0. The van der Waals surface area contributed by atoms with Crippen molar-refractivity contribution in [3.63, 3.8) is 0 Å². The van der Waals surface area contributed by atoms with Gasteiger partial charge in [0.1, 0.15) is 11.6 Å². The Morgan fingerprint density at radius 3 is 2.89 bits per heavy atom. The zero-order valence-electron chi connectivity index (χ0n) is 10.1. The molecule has 0 atom stereocenters. The monoisotopic (exact) mass is 285 g/mol. The van der Waals surface area contributed by atoms with E-state index in [-0.39, 0.29) is 36.3 Å². The standard InChI is InChI=1S/C12H12FN3O2.ClH/c1-2-18-12(17)9-10(14)16-11(15-9)7-4-3-5-8(13)6-7;/h3-6H,2,14H2,1H3,(H,15,16);1H. The summed E-state index contributed by atoms with van der Waals surface area (Å²) >= 11 is 0. The summed E-state index contributed by atoms with van der Waals surface area (Å²) in [5.41, 5.74) is 6.20. The van der Waals surface area contributed by atoms with E-state index in [0.29, 0.717) is 11.4 Å². The molecule has 19 heavy (non-hydrogen) atoms. The van der Waals surface area contributed by atoms with Crippen molar-refractivity contribution >= 4 is 24.2 Å². The number of anilines is 1. The summed E-state index contributed by atoms with van der Waals surface area (Å²) in [6, 6.07) is 5.83. The molecule has 0 spiro atoms. The smallest absolute Gasteiger partial charge is 0.358 e. The van der Waals surface area contributed by atoms with E-state index in [0.717, 1.165) is 0 Å². The van der Waals surface area contributed by atoms with Crippen LogP contribution in [0.2, 0.25) is 0 Å².